The number of hydrogen-bond donors (Lipinski definition) is 0. The lowest BCUT2D eigenvalue weighted by Gasteiger charge is -2.48. The molecule has 2 heterocycles. The molecule has 3 atom stereocenters. The Morgan fingerprint density at radius 2 is 2.04 bits per heavy atom. The predicted octanol–water partition coefficient (Wildman–Crippen LogP) is 4.96. The first-order valence-electron chi connectivity index (χ1n) is 9.59. The van der Waals surface area contributed by atoms with Crippen molar-refractivity contribution in [3.63, 3.8) is 0 Å². The van der Waals surface area contributed by atoms with Crippen LogP contribution in [0.1, 0.15) is 72.1 Å². The Hall–Kier alpha value is -1.09. The van der Waals surface area contributed by atoms with E-state index in [2.05, 4.69) is 32.9 Å². The number of allylic oxidation sites excluding steroid dienone is 4. The molecule has 0 bridgehead atoms. The van der Waals surface area contributed by atoms with Gasteiger partial charge in [-0.05, 0) is 72.1 Å². The molecule has 1 aliphatic carbocycles. The van der Waals surface area contributed by atoms with Crippen LogP contribution in [0.3, 0.4) is 0 Å². The molecule has 0 unspecified atom stereocenters. The Labute approximate surface area is 146 Å². The fraction of sp³-hybridized carbons (Fsp3) is 0.762. The number of cyclic esters (lactones) is 1. The highest BCUT2D eigenvalue weighted by Crippen LogP contribution is 2.60. The SMILES string of the molecule is CC(C)=CCC/C(C)=C/CC[C@]12CCC[C@]13OCC[C@@H]3C(=O)OC2. The Balaban J connectivity index is 1.63. The number of carbonyl (C=O) groups is 1. The summed E-state index contributed by atoms with van der Waals surface area (Å²) in [4.78, 5) is 12.2. The lowest BCUT2D eigenvalue weighted by molar-refractivity contribution is -0.198. The van der Waals surface area contributed by atoms with Crippen molar-refractivity contribution in [3.05, 3.63) is 23.3 Å². The first-order valence-corrected chi connectivity index (χ1v) is 9.59. The zero-order valence-corrected chi connectivity index (χ0v) is 15.5. The minimum absolute atomic E-state index is 0.0153. The average Bonchev–Trinajstić information content (AvgIpc) is 3.12. The third-order valence-electron chi connectivity index (χ3n) is 6.41. The van der Waals surface area contributed by atoms with Gasteiger partial charge in [0.2, 0.25) is 0 Å². The highest BCUT2D eigenvalue weighted by atomic mass is 16.6. The second kappa shape index (κ2) is 7.03. The van der Waals surface area contributed by atoms with E-state index in [4.69, 9.17) is 9.47 Å². The lowest BCUT2D eigenvalue weighted by atomic mass is 9.64. The summed E-state index contributed by atoms with van der Waals surface area (Å²) in [5.74, 6) is -0.0324. The monoisotopic (exact) mass is 332 g/mol. The van der Waals surface area contributed by atoms with Gasteiger partial charge in [-0.1, -0.05) is 23.3 Å². The van der Waals surface area contributed by atoms with E-state index in [1.165, 1.54) is 11.1 Å². The van der Waals surface area contributed by atoms with E-state index in [0.29, 0.717) is 6.61 Å². The number of hydrogen-bond acceptors (Lipinski definition) is 3. The molecule has 2 saturated heterocycles. The van der Waals surface area contributed by atoms with Gasteiger partial charge in [-0.3, -0.25) is 4.79 Å². The molecule has 0 N–H and O–H groups in total. The summed E-state index contributed by atoms with van der Waals surface area (Å²) in [7, 11) is 0. The maximum atomic E-state index is 12.2. The molecule has 3 nitrogen and oxygen atoms in total. The van der Waals surface area contributed by atoms with Crippen LogP contribution in [0.4, 0.5) is 0 Å². The zero-order valence-electron chi connectivity index (χ0n) is 15.5. The summed E-state index contributed by atoms with van der Waals surface area (Å²) in [5.41, 5.74) is 2.70. The van der Waals surface area contributed by atoms with Crippen LogP contribution in [0.2, 0.25) is 0 Å². The molecular weight excluding hydrogens is 300 g/mol. The smallest absolute Gasteiger partial charge is 0.312 e. The fourth-order valence-electron chi connectivity index (χ4n) is 5.13. The number of carbonyl (C=O) groups excluding carboxylic acids is 1. The molecule has 1 saturated carbocycles. The quantitative estimate of drug-likeness (QED) is 0.509. The Kier molecular flexibility index (Phi) is 5.19. The van der Waals surface area contributed by atoms with Gasteiger partial charge in [0.25, 0.3) is 0 Å². The van der Waals surface area contributed by atoms with Crippen molar-refractivity contribution in [2.75, 3.05) is 13.2 Å². The first-order chi connectivity index (χ1) is 11.5. The number of rotatable bonds is 6. The van der Waals surface area contributed by atoms with Crippen molar-refractivity contribution in [1.82, 2.24) is 0 Å². The molecule has 0 amide bonds. The van der Waals surface area contributed by atoms with Crippen LogP contribution in [0.25, 0.3) is 0 Å². The van der Waals surface area contributed by atoms with Gasteiger partial charge in [0.1, 0.15) is 0 Å². The maximum Gasteiger partial charge on any atom is 0.312 e. The van der Waals surface area contributed by atoms with Crippen molar-refractivity contribution in [3.8, 4) is 0 Å². The zero-order chi connectivity index (χ0) is 17.2. The topological polar surface area (TPSA) is 35.5 Å². The standard InChI is InChI=1S/C21H32O3/c1-16(2)7-4-8-17(3)9-5-11-20-12-6-13-21(20)18(10-14-24-21)19(22)23-15-20/h7,9,18H,4-6,8,10-15H2,1-3H3/b17-9+/t18-,20-,21-/m1/s1. The molecule has 1 spiro atoms. The molecular formula is C21H32O3. The van der Waals surface area contributed by atoms with Gasteiger partial charge in [0.15, 0.2) is 0 Å². The normalized spacial score (nSPS) is 35.4. The van der Waals surface area contributed by atoms with E-state index in [9.17, 15) is 4.79 Å². The van der Waals surface area contributed by atoms with Crippen LogP contribution in [0.15, 0.2) is 23.3 Å². The summed E-state index contributed by atoms with van der Waals surface area (Å²) in [6.45, 7) is 7.82. The Bertz CT molecular complexity index is 539. The lowest BCUT2D eigenvalue weighted by Crippen LogP contribution is -2.57. The summed E-state index contributed by atoms with van der Waals surface area (Å²) >= 11 is 0. The molecule has 2 aliphatic heterocycles. The first kappa shape index (κ1) is 17.7. The molecule has 0 aromatic rings. The highest BCUT2D eigenvalue weighted by Gasteiger charge is 2.66. The second-order valence-electron chi connectivity index (χ2n) is 8.23. The van der Waals surface area contributed by atoms with Crippen molar-refractivity contribution in [2.24, 2.45) is 11.3 Å². The van der Waals surface area contributed by atoms with E-state index in [1.54, 1.807) is 0 Å². The van der Waals surface area contributed by atoms with E-state index >= 15 is 0 Å². The third-order valence-corrected chi connectivity index (χ3v) is 6.41. The molecule has 3 fully saturated rings. The molecule has 3 rings (SSSR count). The molecule has 24 heavy (non-hydrogen) atoms. The highest BCUT2D eigenvalue weighted by molar-refractivity contribution is 5.76. The van der Waals surface area contributed by atoms with Crippen LogP contribution < -0.4 is 0 Å². The van der Waals surface area contributed by atoms with E-state index in [-0.39, 0.29) is 22.9 Å². The van der Waals surface area contributed by atoms with Crippen molar-refractivity contribution < 1.29 is 14.3 Å². The van der Waals surface area contributed by atoms with E-state index in [1.807, 2.05) is 0 Å². The van der Waals surface area contributed by atoms with Gasteiger partial charge in [-0.25, -0.2) is 0 Å². The van der Waals surface area contributed by atoms with E-state index < -0.39 is 0 Å². The van der Waals surface area contributed by atoms with Crippen LogP contribution in [0, 0.1) is 11.3 Å². The summed E-state index contributed by atoms with van der Waals surface area (Å²) < 4.78 is 11.9. The van der Waals surface area contributed by atoms with Crippen LogP contribution in [-0.4, -0.2) is 24.8 Å². The minimum atomic E-state index is -0.216. The Morgan fingerprint density at radius 1 is 1.21 bits per heavy atom. The number of esters is 1. The molecule has 3 heteroatoms. The van der Waals surface area contributed by atoms with Gasteiger partial charge in [0.05, 0.1) is 18.1 Å². The van der Waals surface area contributed by atoms with Gasteiger partial charge in [-0.15, -0.1) is 0 Å². The van der Waals surface area contributed by atoms with Crippen LogP contribution >= 0.6 is 0 Å². The molecule has 0 aromatic heterocycles. The Morgan fingerprint density at radius 3 is 2.83 bits per heavy atom. The molecule has 0 aromatic carbocycles. The van der Waals surface area contributed by atoms with Crippen molar-refractivity contribution in [1.29, 1.82) is 0 Å². The van der Waals surface area contributed by atoms with E-state index in [0.717, 1.165) is 58.0 Å². The van der Waals surface area contributed by atoms with Gasteiger partial charge >= 0.3 is 5.97 Å². The van der Waals surface area contributed by atoms with Gasteiger partial charge in [-0.2, -0.15) is 0 Å². The van der Waals surface area contributed by atoms with Crippen molar-refractivity contribution in [2.45, 2.75) is 77.7 Å². The van der Waals surface area contributed by atoms with Crippen LogP contribution in [-0.2, 0) is 14.3 Å². The summed E-state index contributed by atoms with van der Waals surface area (Å²) in [6.07, 6.45) is 13.3. The number of ether oxygens (including phenoxy) is 2. The molecule has 0 radical (unpaired) electrons. The molecule has 3 aliphatic rings. The third kappa shape index (κ3) is 3.08. The van der Waals surface area contributed by atoms with Gasteiger partial charge < -0.3 is 9.47 Å². The van der Waals surface area contributed by atoms with Gasteiger partial charge in [0, 0.05) is 12.0 Å². The van der Waals surface area contributed by atoms with Crippen molar-refractivity contribution >= 4 is 5.97 Å². The molecule has 134 valence electrons. The fourth-order valence-corrected chi connectivity index (χ4v) is 5.13. The maximum absolute atomic E-state index is 12.2. The predicted molar refractivity (Wildman–Crippen MR) is 95.7 cm³/mol. The summed E-state index contributed by atoms with van der Waals surface area (Å²) in [6, 6.07) is 0. The minimum Gasteiger partial charge on any atom is -0.465 e. The van der Waals surface area contributed by atoms with Crippen LogP contribution in [0.5, 0.6) is 0 Å². The largest absolute Gasteiger partial charge is 0.465 e. The second-order valence-corrected chi connectivity index (χ2v) is 8.23. The average molecular weight is 332 g/mol. The summed E-state index contributed by atoms with van der Waals surface area (Å²) in [5, 5.41) is 0.